The van der Waals surface area contributed by atoms with Crippen LogP contribution in [0.25, 0.3) is 5.69 Å². The summed E-state index contributed by atoms with van der Waals surface area (Å²) in [5.41, 5.74) is 1.27. The molecule has 0 unspecified atom stereocenters. The Morgan fingerprint density at radius 1 is 1.05 bits per heavy atom. The van der Waals surface area contributed by atoms with Crippen molar-refractivity contribution in [3.8, 4) is 11.4 Å². The molecule has 0 amide bonds. The summed E-state index contributed by atoms with van der Waals surface area (Å²) in [5, 5.41) is 10.9. The van der Waals surface area contributed by atoms with Gasteiger partial charge >= 0.3 is 5.97 Å². The van der Waals surface area contributed by atoms with Crippen LogP contribution in [0.2, 0.25) is 0 Å². The molecule has 0 aliphatic carbocycles. The molecule has 0 spiro atoms. The van der Waals surface area contributed by atoms with Gasteiger partial charge in [0.05, 0.1) is 11.3 Å². The monoisotopic (exact) mass is 344 g/mol. The molecule has 1 aromatic heterocycles. The molecule has 1 heterocycles. The molecule has 0 atom stereocenters. The van der Waals surface area contributed by atoms with Gasteiger partial charge in [-0.2, -0.15) is 0 Å². The molecule has 6 nitrogen and oxygen atoms in total. The maximum atomic E-state index is 12.0. The van der Waals surface area contributed by atoms with Gasteiger partial charge in [0, 0.05) is 4.47 Å². The van der Waals surface area contributed by atoms with E-state index in [1.807, 2.05) is 0 Å². The van der Waals surface area contributed by atoms with Crippen molar-refractivity contribution in [2.75, 3.05) is 0 Å². The summed E-state index contributed by atoms with van der Waals surface area (Å²) < 4.78 is 7.72. The third kappa shape index (κ3) is 3.14. The van der Waals surface area contributed by atoms with E-state index in [9.17, 15) is 4.79 Å². The predicted octanol–water partition coefficient (Wildman–Crippen LogP) is 2.64. The highest BCUT2D eigenvalue weighted by molar-refractivity contribution is 9.10. The van der Waals surface area contributed by atoms with Crippen molar-refractivity contribution in [3.05, 3.63) is 64.9 Å². The summed E-state index contributed by atoms with van der Waals surface area (Å²) >= 11 is 3.32. The summed E-state index contributed by atoms with van der Waals surface area (Å²) in [4.78, 5) is 12.0. The Kier molecular flexibility index (Phi) is 3.74. The lowest BCUT2D eigenvalue weighted by molar-refractivity contribution is 0.0735. The van der Waals surface area contributed by atoms with Crippen LogP contribution in [-0.2, 0) is 0 Å². The molecule has 7 heteroatoms. The molecule has 104 valence electrons. The van der Waals surface area contributed by atoms with Crippen LogP contribution in [-0.4, -0.2) is 26.2 Å². The minimum absolute atomic E-state index is 0.405. The minimum atomic E-state index is -0.405. The topological polar surface area (TPSA) is 69.9 Å². The highest BCUT2D eigenvalue weighted by atomic mass is 79.9. The standard InChI is InChI=1S/C14H9BrN4O2/c15-11-3-1-10(2-4-11)14(20)21-13-7-5-12(6-8-13)19-9-16-17-18-19/h1-9H. The molecule has 0 aliphatic heterocycles. The van der Waals surface area contributed by atoms with E-state index in [4.69, 9.17) is 4.74 Å². The Balaban J connectivity index is 1.73. The molecule has 0 bridgehead atoms. The van der Waals surface area contributed by atoms with Gasteiger partial charge in [-0.3, -0.25) is 0 Å². The summed E-state index contributed by atoms with van der Waals surface area (Å²) in [5.74, 6) is 0.0532. The lowest BCUT2D eigenvalue weighted by Crippen LogP contribution is -2.08. The highest BCUT2D eigenvalue weighted by Crippen LogP contribution is 2.17. The molecular weight excluding hydrogens is 336 g/mol. The van der Waals surface area contributed by atoms with Crippen LogP contribution in [0, 0.1) is 0 Å². The van der Waals surface area contributed by atoms with Crippen LogP contribution in [0.15, 0.2) is 59.3 Å². The highest BCUT2D eigenvalue weighted by Gasteiger charge is 2.08. The molecule has 0 fully saturated rings. The number of hydrogen-bond donors (Lipinski definition) is 0. The van der Waals surface area contributed by atoms with E-state index in [0.717, 1.165) is 10.2 Å². The fourth-order valence-electron chi connectivity index (χ4n) is 1.70. The van der Waals surface area contributed by atoms with E-state index in [1.165, 1.54) is 11.0 Å². The second-order valence-corrected chi connectivity index (χ2v) is 5.06. The number of aromatic nitrogens is 4. The molecule has 21 heavy (non-hydrogen) atoms. The number of benzene rings is 2. The van der Waals surface area contributed by atoms with Crippen molar-refractivity contribution in [1.82, 2.24) is 20.2 Å². The largest absolute Gasteiger partial charge is 0.423 e. The molecule has 3 aromatic rings. The second kappa shape index (κ2) is 5.84. The Bertz CT molecular complexity index is 740. The van der Waals surface area contributed by atoms with Crippen LogP contribution in [0.5, 0.6) is 5.75 Å². The number of nitrogens with zero attached hydrogens (tertiary/aromatic N) is 4. The quantitative estimate of drug-likeness (QED) is 0.539. The zero-order valence-corrected chi connectivity index (χ0v) is 12.3. The van der Waals surface area contributed by atoms with E-state index >= 15 is 0 Å². The van der Waals surface area contributed by atoms with Gasteiger partial charge in [0.25, 0.3) is 0 Å². The van der Waals surface area contributed by atoms with Gasteiger partial charge in [0.15, 0.2) is 0 Å². The maximum absolute atomic E-state index is 12.0. The van der Waals surface area contributed by atoms with Crippen LogP contribution in [0.3, 0.4) is 0 Å². The zero-order chi connectivity index (χ0) is 14.7. The molecule has 0 saturated carbocycles. The third-order valence-corrected chi connectivity index (χ3v) is 3.27. The minimum Gasteiger partial charge on any atom is -0.423 e. The number of rotatable bonds is 3. The van der Waals surface area contributed by atoms with Crippen molar-refractivity contribution >= 4 is 21.9 Å². The van der Waals surface area contributed by atoms with Crippen molar-refractivity contribution < 1.29 is 9.53 Å². The zero-order valence-electron chi connectivity index (χ0n) is 10.7. The fourth-order valence-corrected chi connectivity index (χ4v) is 1.96. The average molecular weight is 345 g/mol. The Morgan fingerprint density at radius 2 is 1.76 bits per heavy atom. The first kappa shape index (κ1) is 13.4. The van der Waals surface area contributed by atoms with Crippen molar-refractivity contribution in [3.63, 3.8) is 0 Å². The molecule has 0 aliphatic rings. The van der Waals surface area contributed by atoms with Crippen molar-refractivity contribution in [1.29, 1.82) is 0 Å². The Hall–Kier alpha value is -2.54. The van der Waals surface area contributed by atoms with Gasteiger partial charge in [-0.05, 0) is 59.0 Å². The molecular formula is C14H9BrN4O2. The van der Waals surface area contributed by atoms with Gasteiger partial charge in [-0.15, -0.1) is 5.10 Å². The van der Waals surface area contributed by atoms with E-state index in [2.05, 4.69) is 31.5 Å². The van der Waals surface area contributed by atoms with E-state index in [1.54, 1.807) is 48.5 Å². The predicted molar refractivity (Wildman–Crippen MR) is 78.3 cm³/mol. The lowest BCUT2D eigenvalue weighted by atomic mass is 10.2. The fraction of sp³-hybridized carbons (Fsp3) is 0. The summed E-state index contributed by atoms with van der Waals surface area (Å²) in [6.07, 6.45) is 1.49. The molecule has 0 saturated heterocycles. The number of carbonyl (C=O) groups excluding carboxylic acids is 1. The van der Waals surface area contributed by atoms with Gasteiger partial charge in [0.2, 0.25) is 0 Å². The Morgan fingerprint density at radius 3 is 2.38 bits per heavy atom. The molecule has 0 N–H and O–H groups in total. The normalized spacial score (nSPS) is 10.3. The smallest absolute Gasteiger partial charge is 0.343 e. The van der Waals surface area contributed by atoms with Gasteiger partial charge in [-0.25, -0.2) is 9.48 Å². The van der Waals surface area contributed by atoms with Gasteiger partial charge in [0.1, 0.15) is 12.1 Å². The molecule has 3 rings (SSSR count). The molecule has 2 aromatic carbocycles. The number of tetrazole rings is 1. The number of ether oxygens (including phenoxy) is 1. The lowest BCUT2D eigenvalue weighted by Gasteiger charge is -2.05. The average Bonchev–Trinajstić information content (AvgIpc) is 3.03. The van der Waals surface area contributed by atoms with Crippen LogP contribution < -0.4 is 4.74 Å². The van der Waals surface area contributed by atoms with Crippen molar-refractivity contribution in [2.45, 2.75) is 0 Å². The maximum Gasteiger partial charge on any atom is 0.343 e. The first-order valence-electron chi connectivity index (χ1n) is 6.03. The van der Waals surface area contributed by atoms with Crippen molar-refractivity contribution in [2.24, 2.45) is 0 Å². The summed E-state index contributed by atoms with van der Waals surface area (Å²) in [6, 6.07) is 13.9. The summed E-state index contributed by atoms with van der Waals surface area (Å²) in [6.45, 7) is 0. The van der Waals surface area contributed by atoms with Crippen LogP contribution >= 0.6 is 15.9 Å². The molecule has 0 radical (unpaired) electrons. The first-order chi connectivity index (χ1) is 10.2. The van der Waals surface area contributed by atoms with E-state index < -0.39 is 5.97 Å². The van der Waals surface area contributed by atoms with E-state index in [0.29, 0.717) is 11.3 Å². The SMILES string of the molecule is O=C(Oc1ccc(-n2cnnn2)cc1)c1ccc(Br)cc1. The van der Waals surface area contributed by atoms with Crippen LogP contribution in [0.4, 0.5) is 0 Å². The number of carbonyl (C=O) groups is 1. The number of esters is 1. The number of halogens is 1. The summed E-state index contributed by atoms with van der Waals surface area (Å²) in [7, 11) is 0. The Labute approximate surface area is 128 Å². The second-order valence-electron chi connectivity index (χ2n) is 4.14. The van der Waals surface area contributed by atoms with E-state index in [-0.39, 0.29) is 0 Å². The van der Waals surface area contributed by atoms with Gasteiger partial charge < -0.3 is 4.74 Å². The third-order valence-electron chi connectivity index (χ3n) is 2.74. The number of hydrogen-bond acceptors (Lipinski definition) is 5. The first-order valence-corrected chi connectivity index (χ1v) is 6.83. The van der Waals surface area contributed by atoms with Gasteiger partial charge in [-0.1, -0.05) is 15.9 Å². The van der Waals surface area contributed by atoms with Crippen LogP contribution in [0.1, 0.15) is 10.4 Å².